The van der Waals surface area contributed by atoms with Crippen molar-refractivity contribution in [1.29, 1.82) is 0 Å². The molecule has 1 aromatic carbocycles. The molecule has 2 rings (SSSR count). The molecule has 106 valence electrons. The molecule has 3 nitrogen and oxygen atoms in total. The highest BCUT2D eigenvalue weighted by atomic mass is 32.2. The highest BCUT2D eigenvalue weighted by Crippen LogP contribution is 2.36. The van der Waals surface area contributed by atoms with Gasteiger partial charge in [0.05, 0.1) is 11.9 Å². The van der Waals surface area contributed by atoms with E-state index in [0.717, 1.165) is 24.8 Å². The van der Waals surface area contributed by atoms with Crippen LogP contribution >= 0.6 is 0 Å². The van der Waals surface area contributed by atoms with Gasteiger partial charge in [-0.15, -0.1) is 0 Å². The minimum absolute atomic E-state index is 0.196. The number of aliphatic hydroxyl groups excluding tert-OH is 1. The van der Waals surface area contributed by atoms with Crippen LogP contribution in [0.5, 0.6) is 0 Å². The van der Waals surface area contributed by atoms with Crippen LogP contribution in [0.3, 0.4) is 0 Å². The fraction of sp³-hybridized carbons (Fsp3) is 0.600. The number of rotatable bonds is 5. The summed E-state index contributed by atoms with van der Waals surface area (Å²) in [5, 5.41) is 10.4. The lowest BCUT2D eigenvalue weighted by Gasteiger charge is -2.30. The highest BCUT2D eigenvalue weighted by Gasteiger charge is 2.27. The molecule has 0 spiro atoms. The van der Waals surface area contributed by atoms with Crippen molar-refractivity contribution >= 4 is 9.84 Å². The zero-order chi connectivity index (χ0) is 13.9. The highest BCUT2D eigenvalue weighted by molar-refractivity contribution is 7.91. The van der Waals surface area contributed by atoms with Gasteiger partial charge in [-0.25, -0.2) is 8.42 Å². The van der Waals surface area contributed by atoms with E-state index >= 15 is 0 Å². The Kier molecular flexibility index (Phi) is 4.63. The molecule has 0 saturated heterocycles. The van der Waals surface area contributed by atoms with Crippen molar-refractivity contribution in [2.45, 2.75) is 38.7 Å². The second kappa shape index (κ2) is 6.06. The molecule has 0 fully saturated rings. The van der Waals surface area contributed by atoms with Crippen LogP contribution in [0.1, 0.15) is 43.4 Å². The van der Waals surface area contributed by atoms with Crippen molar-refractivity contribution in [3.63, 3.8) is 0 Å². The summed E-state index contributed by atoms with van der Waals surface area (Å²) < 4.78 is 22.9. The van der Waals surface area contributed by atoms with E-state index in [1.807, 2.05) is 18.2 Å². The largest absolute Gasteiger partial charge is 0.388 e. The maximum absolute atomic E-state index is 11.5. The molecular formula is C15H22O3S. The fourth-order valence-electron chi connectivity index (χ4n) is 2.82. The fourth-order valence-corrected chi connectivity index (χ4v) is 3.71. The molecule has 1 aliphatic carbocycles. The van der Waals surface area contributed by atoms with Gasteiger partial charge in [-0.2, -0.15) is 0 Å². The van der Waals surface area contributed by atoms with Crippen LogP contribution in [0.4, 0.5) is 0 Å². The first-order valence-electron chi connectivity index (χ1n) is 7.00. The molecule has 0 radical (unpaired) electrons. The lowest BCUT2D eigenvalue weighted by atomic mass is 9.79. The lowest BCUT2D eigenvalue weighted by molar-refractivity contribution is 0.0882. The first-order valence-corrected chi connectivity index (χ1v) is 8.82. The molecule has 0 aliphatic heterocycles. The maximum Gasteiger partial charge on any atom is 0.150 e. The Labute approximate surface area is 115 Å². The predicted molar refractivity (Wildman–Crippen MR) is 76.8 cm³/mol. The average molecular weight is 282 g/mol. The number of aryl methyl sites for hydroxylation is 1. The summed E-state index contributed by atoms with van der Waals surface area (Å²) in [6.45, 7) is 1.68. The molecule has 2 unspecified atom stereocenters. The van der Waals surface area contributed by atoms with Crippen molar-refractivity contribution < 1.29 is 13.5 Å². The van der Waals surface area contributed by atoms with E-state index in [-0.39, 0.29) is 17.4 Å². The van der Waals surface area contributed by atoms with Crippen LogP contribution in [-0.2, 0) is 16.3 Å². The number of benzene rings is 1. The van der Waals surface area contributed by atoms with Crippen LogP contribution in [0.15, 0.2) is 24.3 Å². The van der Waals surface area contributed by atoms with Gasteiger partial charge in [0.1, 0.15) is 9.84 Å². The lowest BCUT2D eigenvalue weighted by Crippen LogP contribution is -2.21. The van der Waals surface area contributed by atoms with Crippen LogP contribution in [0, 0.1) is 5.92 Å². The number of sulfone groups is 1. The maximum atomic E-state index is 11.5. The predicted octanol–water partition coefficient (Wildman–Crippen LogP) is 2.50. The van der Waals surface area contributed by atoms with Crippen molar-refractivity contribution in [2.75, 3.05) is 11.5 Å². The topological polar surface area (TPSA) is 54.4 Å². The quantitative estimate of drug-likeness (QED) is 0.902. The van der Waals surface area contributed by atoms with Crippen molar-refractivity contribution in [2.24, 2.45) is 5.92 Å². The third-order valence-electron chi connectivity index (χ3n) is 4.07. The third-order valence-corrected chi connectivity index (χ3v) is 5.87. The third kappa shape index (κ3) is 3.57. The number of aliphatic hydroxyl groups is 1. The minimum atomic E-state index is -2.88. The van der Waals surface area contributed by atoms with Gasteiger partial charge in [0.15, 0.2) is 0 Å². The van der Waals surface area contributed by atoms with Crippen LogP contribution < -0.4 is 0 Å². The van der Waals surface area contributed by atoms with Gasteiger partial charge in [-0.05, 0) is 42.7 Å². The number of fused-ring (bicyclic) bond motifs is 1. The van der Waals surface area contributed by atoms with Gasteiger partial charge in [0.25, 0.3) is 0 Å². The van der Waals surface area contributed by atoms with E-state index < -0.39 is 15.9 Å². The summed E-state index contributed by atoms with van der Waals surface area (Å²) in [6, 6.07) is 8.00. The van der Waals surface area contributed by atoms with Gasteiger partial charge in [-0.1, -0.05) is 31.2 Å². The normalized spacial score (nSPS) is 23.1. The first kappa shape index (κ1) is 14.5. The second-order valence-electron chi connectivity index (χ2n) is 5.32. The van der Waals surface area contributed by atoms with E-state index in [2.05, 4.69) is 6.07 Å². The Morgan fingerprint density at radius 3 is 2.79 bits per heavy atom. The summed E-state index contributed by atoms with van der Waals surface area (Å²) in [6.07, 6.45) is 2.94. The Bertz CT molecular complexity index is 522. The molecule has 19 heavy (non-hydrogen) atoms. The monoisotopic (exact) mass is 282 g/mol. The van der Waals surface area contributed by atoms with Gasteiger partial charge < -0.3 is 5.11 Å². The van der Waals surface area contributed by atoms with Gasteiger partial charge in [-0.3, -0.25) is 0 Å². The average Bonchev–Trinajstić information content (AvgIpc) is 2.42. The molecule has 1 aliphatic rings. The van der Waals surface area contributed by atoms with E-state index in [4.69, 9.17) is 0 Å². The molecule has 4 heteroatoms. The molecule has 2 atom stereocenters. The van der Waals surface area contributed by atoms with E-state index in [1.54, 1.807) is 6.92 Å². The summed E-state index contributed by atoms with van der Waals surface area (Å²) >= 11 is 0. The Hall–Kier alpha value is -0.870. The van der Waals surface area contributed by atoms with E-state index in [1.165, 1.54) is 5.56 Å². The molecule has 0 aromatic heterocycles. The Balaban J connectivity index is 1.94. The minimum Gasteiger partial charge on any atom is -0.388 e. The summed E-state index contributed by atoms with van der Waals surface area (Å²) in [4.78, 5) is 0. The zero-order valence-corrected chi connectivity index (χ0v) is 12.2. The molecule has 0 saturated carbocycles. The van der Waals surface area contributed by atoms with Crippen LogP contribution in [0.25, 0.3) is 0 Å². The van der Waals surface area contributed by atoms with E-state index in [0.29, 0.717) is 6.42 Å². The smallest absolute Gasteiger partial charge is 0.150 e. The molecule has 1 aromatic rings. The van der Waals surface area contributed by atoms with Gasteiger partial charge in [0.2, 0.25) is 0 Å². The van der Waals surface area contributed by atoms with Gasteiger partial charge >= 0.3 is 0 Å². The number of hydrogen-bond acceptors (Lipinski definition) is 3. The molecule has 1 N–H and O–H groups in total. The van der Waals surface area contributed by atoms with Crippen LogP contribution in [0.2, 0.25) is 0 Å². The summed E-state index contributed by atoms with van der Waals surface area (Å²) in [5.74, 6) is 0.652. The van der Waals surface area contributed by atoms with Crippen molar-refractivity contribution in [3.8, 4) is 0 Å². The SMILES string of the molecule is CCS(=O)(=O)CCCC1CCc2ccccc2C1O. The first-order chi connectivity index (χ1) is 9.03. The Morgan fingerprint density at radius 1 is 1.32 bits per heavy atom. The number of hydrogen-bond donors (Lipinski definition) is 1. The standard InChI is InChI=1S/C15H22O3S/c1-2-19(17,18)11-5-7-13-10-9-12-6-3-4-8-14(12)15(13)16/h3-4,6,8,13,15-16H,2,5,7,9-11H2,1H3. The summed E-state index contributed by atoms with van der Waals surface area (Å²) in [5.41, 5.74) is 2.25. The second-order valence-corrected chi connectivity index (χ2v) is 7.79. The summed E-state index contributed by atoms with van der Waals surface area (Å²) in [7, 11) is -2.88. The Morgan fingerprint density at radius 2 is 2.05 bits per heavy atom. The van der Waals surface area contributed by atoms with Crippen LogP contribution in [-0.4, -0.2) is 25.0 Å². The van der Waals surface area contributed by atoms with Crippen molar-refractivity contribution in [3.05, 3.63) is 35.4 Å². The zero-order valence-electron chi connectivity index (χ0n) is 11.4. The molecule has 0 bridgehead atoms. The van der Waals surface area contributed by atoms with E-state index in [9.17, 15) is 13.5 Å². The molecule has 0 amide bonds. The molecule has 0 heterocycles. The van der Waals surface area contributed by atoms with Crippen molar-refractivity contribution in [1.82, 2.24) is 0 Å². The molecular weight excluding hydrogens is 260 g/mol. The van der Waals surface area contributed by atoms with Gasteiger partial charge in [0, 0.05) is 5.75 Å².